The highest BCUT2D eigenvalue weighted by Gasteiger charge is 2.10. The van der Waals surface area contributed by atoms with Crippen molar-refractivity contribution in [3.8, 4) is 0 Å². The molecule has 76 valence electrons. The van der Waals surface area contributed by atoms with E-state index in [-0.39, 0.29) is 5.69 Å². The largest absolute Gasteiger partial charge is 0.477 e. The van der Waals surface area contributed by atoms with Crippen LogP contribution in [0.25, 0.3) is 10.9 Å². The number of aromatic nitrogens is 1. The highest BCUT2D eigenvalue weighted by atomic mass is 32.1. The van der Waals surface area contributed by atoms with Gasteiger partial charge in [0, 0.05) is 10.3 Å². The van der Waals surface area contributed by atoms with E-state index in [0.29, 0.717) is 11.1 Å². The molecule has 0 aliphatic rings. The monoisotopic (exact) mass is 219 g/mol. The molecule has 0 unspecified atom stereocenters. The number of thiol groups is 1. The molecule has 3 nitrogen and oxygen atoms in total. The predicted octanol–water partition coefficient (Wildman–Crippen LogP) is 2.53. The second-order valence-corrected chi connectivity index (χ2v) is 3.85. The Morgan fingerprint density at radius 3 is 2.80 bits per heavy atom. The summed E-state index contributed by atoms with van der Waals surface area (Å²) in [6, 6.07) is 7.23. The van der Waals surface area contributed by atoms with Crippen LogP contribution in [0, 0.1) is 6.92 Å². The Morgan fingerprint density at radius 2 is 2.13 bits per heavy atom. The molecule has 0 saturated carbocycles. The first-order chi connectivity index (χ1) is 7.08. The number of hydrogen-bond donors (Lipinski definition) is 2. The van der Waals surface area contributed by atoms with Gasteiger partial charge in [-0.2, -0.15) is 0 Å². The van der Waals surface area contributed by atoms with E-state index in [4.69, 9.17) is 5.11 Å². The van der Waals surface area contributed by atoms with Gasteiger partial charge in [-0.05, 0) is 36.8 Å². The molecule has 0 fully saturated rings. The Bertz CT molecular complexity index is 552. The van der Waals surface area contributed by atoms with E-state index in [1.54, 1.807) is 19.1 Å². The SMILES string of the molecule is Cc1cc2cc(S)ccc2nc1C(=O)O. The van der Waals surface area contributed by atoms with Gasteiger partial charge in [0.05, 0.1) is 5.52 Å². The van der Waals surface area contributed by atoms with Crippen LogP contribution in [0.1, 0.15) is 16.1 Å². The van der Waals surface area contributed by atoms with Crippen molar-refractivity contribution in [3.63, 3.8) is 0 Å². The molecule has 0 aliphatic carbocycles. The zero-order valence-electron chi connectivity index (χ0n) is 8.06. The van der Waals surface area contributed by atoms with Crippen molar-refractivity contribution >= 4 is 29.5 Å². The van der Waals surface area contributed by atoms with Gasteiger partial charge >= 0.3 is 5.97 Å². The van der Waals surface area contributed by atoms with Gasteiger partial charge in [0.25, 0.3) is 0 Å². The van der Waals surface area contributed by atoms with Crippen LogP contribution in [0.3, 0.4) is 0 Å². The fourth-order valence-electron chi connectivity index (χ4n) is 1.49. The third kappa shape index (κ3) is 1.80. The average Bonchev–Trinajstić information content (AvgIpc) is 2.15. The number of aromatic carboxylic acids is 1. The van der Waals surface area contributed by atoms with Gasteiger partial charge < -0.3 is 5.11 Å². The molecule has 0 saturated heterocycles. The summed E-state index contributed by atoms with van der Waals surface area (Å²) < 4.78 is 0. The topological polar surface area (TPSA) is 50.2 Å². The number of benzene rings is 1. The third-order valence-corrected chi connectivity index (χ3v) is 2.47. The summed E-state index contributed by atoms with van der Waals surface area (Å²) >= 11 is 4.22. The Balaban J connectivity index is 2.76. The summed E-state index contributed by atoms with van der Waals surface area (Å²) in [5.74, 6) is -0.996. The summed E-state index contributed by atoms with van der Waals surface area (Å²) in [5, 5.41) is 9.81. The highest BCUT2D eigenvalue weighted by Crippen LogP contribution is 2.19. The molecule has 2 rings (SSSR count). The molecule has 1 aromatic heterocycles. The molecular formula is C11H9NO2S. The maximum Gasteiger partial charge on any atom is 0.354 e. The minimum absolute atomic E-state index is 0.106. The van der Waals surface area contributed by atoms with E-state index < -0.39 is 5.97 Å². The van der Waals surface area contributed by atoms with Crippen molar-refractivity contribution in [3.05, 3.63) is 35.5 Å². The van der Waals surface area contributed by atoms with Crippen molar-refractivity contribution in [2.45, 2.75) is 11.8 Å². The summed E-state index contributed by atoms with van der Waals surface area (Å²) in [6.45, 7) is 1.74. The number of carboxylic acid groups (broad SMARTS) is 1. The van der Waals surface area contributed by atoms with Gasteiger partial charge in [0.2, 0.25) is 0 Å². The number of hydrogen-bond acceptors (Lipinski definition) is 3. The first-order valence-electron chi connectivity index (χ1n) is 4.41. The van der Waals surface area contributed by atoms with E-state index in [2.05, 4.69) is 17.6 Å². The van der Waals surface area contributed by atoms with E-state index >= 15 is 0 Å². The van der Waals surface area contributed by atoms with Crippen molar-refractivity contribution in [2.75, 3.05) is 0 Å². The smallest absolute Gasteiger partial charge is 0.354 e. The van der Waals surface area contributed by atoms with Crippen LogP contribution in [0.5, 0.6) is 0 Å². The van der Waals surface area contributed by atoms with Crippen LogP contribution in [-0.2, 0) is 0 Å². The van der Waals surface area contributed by atoms with Gasteiger partial charge in [0.15, 0.2) is 5.69 Å². The lowest BCUT2D eigenvalue weighted by molar-refractivity contribution is 0.0690. The predicted molar refractivity (Wildman–Crippen MR) is 60.7 cm³/mol. The first kappa shape index (κ1) is 9.98. The van der Waals surface area contributed by atoms with Crippen molar-refractivity contribution in [1.29, 1.82) is 0 Å². The van der Waals surface area contributed by atoms with Crippen LogP contribution in [-0.4, -0.2) is 16.1 Å². The standard InChI is InChI=1S/C11H9NO2S/c1-6-4-7-5-8(15)2-3-9(7)12-10(6)11(13)14/h2-5,15H,1H3,(H,13,14). The second-order valence-electron chi connectivity index (χ2n) is 3.34. The lowest BCUT2D eigenvalue weighted by atomic mass is 10.1. The van der Waals surface area contributed by atoms with Crippen molar-refractivity contribution in [2.24, 2.45) is 0 Å². The quantitative estimate of drug-likeness (QED) is 0.724. The summed E-state index contributed by atoms with van der Waals surface area (Å²) in [6.07, 6.45) is 0. The van der Waals surface area contributed by atoms with Gasteiger partial charge in [-0.3, -0.25) is 0 Å². The van der Waals surface area contributed by atoms with Crippen LogP contribution in [0.2, 0.25) is 0 Å². The molecule has 2 aromatic rings. The molecule has 1 N–H and O–H groups in total. The van der Waals surface area contributed by atoms with E-state index in [9.17, 15) is 4.79 Å². The highest BCUT2D eigenvalue weighted by molar-refractivity contribution is 7.80. The Kier molecular flexibility index (Phi) is 2.36. The maximum atomic E-state index is 10.9. The first-order valence-corrected chi connectivity index (χ1v) is 4.86. The van der Waals surface area contributed by atoms with Crippen molar-refractivity contribution in [1.82, 2.24) is 4.98 Å². The van der Waals surface area contributed by atoms with Gasteiger partial charge in [-0.15, -0.1) is 12.6 Å². The molecule has 15 heavy (non-hydrogen) atoms. The van der Waals surface area contributed by atoms with Crippen LogP contribution in [0.15, 0.2) is 29.2 Å². The van der Waals surface area contributed by atoms with E-state index in [1.807, 2.05) is 12.1 Å². The average molecular weight is 219 g/mol. The summed E-state index contributed by atoms with van der Waals surface area (Å²) in [4.78, 5) is 15.8. The minimum Gasteiger partial charge on any atom is -0.477 e. The van der Waals surface area contributed by atoms with E-state index in [0.717, 1.165) is 10.3 Å². The van der Waals surface area contributed by atoms with Gasteiger partial charge in [-0.25, -0.2) is 9.78 Å². The summed E-state index contributed by atoms with van der Waals surface area (Å²) in [7, 11) is 0. The lowest BCUT2D eigenvalue weighted by Gasteiger charge is -2.03. The number of nitrogens with zero attached hydrogens (tertiary/aromatic N) is 1. The molecule has 0 atom stereocenters. The number of carboxylic acids is 1. The zero-order valence-corrected chi connectivity index (χ0v) is 8.95. The fraction of sp³-hybridized carbons (Fsp3) is 0.0909. The molecular weight excluding hydrogens is 210 g/mol. The molecule has 0 radical (unpaired) electrons. The van der Waals surface area contributed by atoms with Crippen LogP contribution < -0.4 is 0 Å². The number of rotatable bonds is 1. The maximum absolute atomic E-state index is 10.9. The fourth-order valence-corrected chi connectivity index (χ4v) is 1.70. The molecule has 1 aromatic carbocycles. The third-order valence-electron chi connectivity index (χ3n) is 2.19. The molecule has 4 heteroatoms. The van der Waals surface area contributed by atoms with Crippen LogP contribution >= 0.6 is 12.6 Å². The van der Waals surface area contributed by atoms with Crippen molar-refractivity contribution < 1.29 is 9.90 Å². The Labute approximate surface area is 92.2 Å². The molecule has 0 bridgehead atoms. The van der Waals surface area contributed by atoms with Gasteiger partial charge in [-0.1, -0.05) is 0 Å². The molecule has 0 amide bonds. The molecule has 0 spiro atoms. The minimum atomic E-state index is -0.996. The second kappa shape index (κ2) is 3.55. The zero-order chi connectivity index (χ0) is 11.0. The number of carbonyl (C=O) groups is 1. The number of aryl methyl sites for hydroxylation is 1. The normalized spacial score (nSPS) is 10.5. The number of fused-ring (bicyclic) bond motifs is 1. The Hall–Kier alpha value is -1.55. The number of pyridine rings is 1. The Morgan fingerprint density at radius 1 is 1.40 bits per heavy atom. The van der Waals surface area contributed by atoms with E-state index in [1.165, 1.54) is 0 Å². The summed E-state index contributed by atoms with van der Waals surface area (Å²) in [5.41, 5.74) is 1.44. The lowest BCUT2D eigenvalue weighted by Crippen LogP contribution is -2.03. The van der Waals surface area contributed by atoms with Crippen LogP contribution in [0.4, 0.5) is 0 Å². The molecule has 0 aliphatic heterocycles. The van der Waals surface area contributed by atoms with Gasteiger partial charge in [0.1, 0.15) is 0 Å². The molecule has 1 heterocycles.